The third-order valence-electron chi connectivity index (χ3n) is 4.17. The van der Waals surface area contributed by atoms with Gasteiger partial charge in [-0.25, -0.2) is 8.42 Å². The zero-order valence-electron chi connectivity index (χ0n) is 17.1. The van der Waals surface area contributed by atoms with E-state index in [1.807, 2.05) is 19.9 Å². The Kier molecular flexibility index (Phi) is 7.28. The van der Waals surface area contributed by atoms with Gasteiger partial charge in [0.05, 0.1) is 24.8 Å². The van der Waals surface area contributed by atoms with Crippen molar-refractivity contribution in [1.29, 1.82) is 0 Å². The second-order valence-corrected chi connectivity index (χ2v) is 8.33. The lowest BCUT2D eigenvalue weighted by Crippen LogP contribution is -2.41. The number of rotatable bonds is 9. The fraction of sp³-hybridized carbons (Fsp3) is 0.286. The number of anilines is 1. The molecule has 2 rings (SSSR count). The molecule has 1 amide bonds. The summed E-state index contributed by atoms with van der Waals surface area (Å²) >= 11 is 0. The van der Waals surface area contributed by atoms with Crippen molar-refractivity contribution in [3.8, 4) is 11.5 Å². The molecule has 0 aliphatic rings. The highest BCUT2D eigenvalue weighted by atomic mass is 32.2. The Hall–Kier alpha value is -3.00. The molecule has 0 unspecified atom stereocenters. The average Bonchev–Trinajstić information content (AvgIpc) is 2.68. The van der Waals surface area contributed by atoms with Crippen LogP contribution in [0.25, 0.3) is 0 Å². The molecule has 0 heterocycles. The second-order valence-electron chi connectivity index (χ2n) is 6.47. The number of carbonyl (C=O) groups is 1. The lowest BCUT2D eigenvalue weighted by Gasteiger charge is -2.25. The lowest BCUT2D eigenvalue weighted by molar-refractivity contribution is -0.119. The molecule has 0 saturated carbocycles. The minimum Gasteiger partial charge on any atom is -0.493 e. The Labute approximate surface area is 172 Å². The highest BCUT2D eigenvalue weighted by Crippen LogP contribution is 2.32. The van der Waals surface area contributed by atoms with Crippen molar-refractivity contribution in [2.75, 3.05) is 31.6 Å². The smallest absolute Gasteiger partial charge is 0.264 e. The van der Waals surface area contributed by atoms with Crippen LogP contribution in [0.15, 0.2) is 53.9 Å². The molecule has 7 nitrogen and oxygen atoms in total. The molecule has 29 heavy (non-hydrogen) atoms. The summed E-state index contributed by atoms with van der Waals surface area (Å²) in [5, 5.41) is 2.62. The van der Waals surface area contributed by atoms with Crippen molar-refractivity contribution in [2.24, 2.45) is 0 Å². The van der Waals surface area contributed by atoms with Gasteiger partial charge >= 0.3 is 0 Å². The molecule has 156 valence electrons. The average molecular weight is 419 g/mol. The van der Waals surface area contributed by atoms with Gasteiger partial charge in [-0.1, -0.05) is 12.1 Å². The van der Waals surface area contributed by atoms with Crippen LogP contribution in [0.3, 0.4) is 0 Å². The normalized spacial score (nSPS) is 10.9. The van der Waals surface area contributed by atoms with Crippen LogP contribution in [0.1, 0.15) is 11.1 Å². The molecule has 0 fully saturated rings. The van der Waals surface area contributed by atoms with Gasteiger partial charge in [-0.05, 0) is 49.2 Å². The summed E-state index contributed by atoms with van der Waals surface area (Å²) in [4.78, 5) is 12.3. The number of amides is 1. The second kappa shape index (κ2) is 9.47. The zero-order valence-corrected chi connectivity index (χ0v) is 17.9. The minimum absolute atomic E-state index is 0.00849. The van der Waals surface area contributed by atoms with Gasteiger partial charge in [0, 0.05) is 12.6 Å². The maximum Gasteiger partial charge on any atom is 0.264 e. The van der Waals surface area contributed by atoms with Gasteiger partial charge in [-0.15, -0.1) is 6.58 Å². The number of methoxy groups -OCH3 is 2. The number of aryl methyl sites for hydroxylation is 2. The Morgan fingerprint density at radius 2 is 1.69 bits per heavy atom. The third kappa shape index (κ3) is 5.29. The van der Waals surface area contributed by atoms with Crippen LogP contribution < -0.4 is 19.1 Å². The first-order chi connectivity index (χ1) is 13.7. The van der Waals surface area contributed by atoms with E-state index in [1.54, 1.807) is 12.1 Å². The number of hydrogen-bond donors (Lipinski definition) is 1. The van der Waals surface area contributed by atoms with Crippen LogP contribution >= 0.6 is 0 Å². The Balaban J connectivity index is 2.56. The van der Waals surface area contributed by atoms with E-state index in [0.717, 1.165) is 15.4 Å². The van der Waals surface area contributed by atoms with E-state index in [1.165, 1.54) is 38.5 Å². The molecule has 8 heteroatoms. The summed E-state index contributed by atoms with van der Waals surface area (Å²) in [6.07, 6.45) is 1.53. The topological polar surface area (TPSA) is 84.9 Å². The van der Waals surface area contributed by atoms with E-state index in [-0.39, 0.29) is 23.7 Å². The molecule has 0 aromatic heterocycles. The first-order valence-electron chi connectivity index (χ1n) is 8.93. The molecule has 0 saturated heterocycles. The van der Waals surface area contributed by atoms with Gasteiger partial charge in [0.15, 0.2) is 11.5 Å². The Morgan fingerprint density at radius 1 is 1.07 bits per heavy atom. The first-order valence-corrected chi connectivity index (χ1v) is 10.4. The quantitative estimate of drug-likeness (QED) is 0.633. The molecular formula is C21H26N2O5S. The highest BCUT2D eigenvalue weighted by molar-refractivity contribution is 7.92. The van der Waals surface area contributed by atoms with Crippen molar-refractivity contribution in [2.45, 2.75) is 18.7 Å². The van der Waals surface area contributed by atoms with Gasteiger partial charge in [-0.3, -0.25) is 9.10 Å². The van der Waals surface area contributed by atoms with Crippen molar-refractivity contribution >= 4 is 21.6 Å². The SMILES string of the molecule is C=CCNC(=O)CN(c1cc(C)cc(C)c1)S(=O)(=O)c1ccc(OC)c(OC)c1. The molecule has 0 radical (unpaired) electrons. The number of hydrogen-bond acceptors (Lipinski definition) is 5. The number of sulfonamides is 1. The van der Waals surface area contributed by atoms with E-state index < -0.39 is 15.9 Å². The third-order valence-corrected chi connectivity index (χ3v) is 5.94. The summed E-state index contributed by atoms with van der Waals surface area (Å²) in [6, 6.07) is 9.71. The Morgan fingerprint density at radius 3 is 2.24 bits per heavy atom. The van der Waals surface area contributed by atoms with Gasteiger partial charge in [-0.2, -0.15) is 0 Å². The Bertz CT molecular complexity index is 982. The van der Waals surface area contributed by atoms with Crippen molar-refractivity contribution in [3.63, 3.8) is 0 Å². The maximum atomic E-state index is 13.5. The zero-order chi connectivity index (χ0) is 21.6. The molecule has 0 bridgehead atoms. The maximum absolute atomic E-state index is 13.5. The molecule has 2 aromatic rings. The van der Waals surface area contributed by atoms with E-state index in [2.05, 4.69) is 11.9 Å². The van der Waals surface area contributed by atoms with Gasteiger partial charge in [0.2, 0.25) is 5.91 Å². The molecule has 1 N–H and O–H groups in total. The number of benzene rings is 2. The number of ether oxygens (including phenoxy) is 2. The molecular weight excluding hydrogens is 392 g/mol. The number of carbonyl (C=O) groups excluding carboxylic acids is 1. The summed E-state index contributed by atoms with van der Waals surface area (Å²) < 4.78 is 38.4. The van der Waals surface area contributed by atoms with Crippen LogP contribution in [0.4, 0.5) is 5.69 Å². The van der Waals surface area contributed by atoms with Crippen LogP contribution in [-0.4, -0.2) is 41.6 Å². The fourth-order valence-corrected chi connectivity index (χ4v) is 4.31. The van der Waals surface area contributed by atoms with Crippen LogP contribution in [0.2, 0.25) is 0 Å². The molecule has 0 spiro atoms. The van der Waals surface area contributed by atoms with E-state index in [0.29, 0.717) is 11.4 Å². The van der Waals surface area contributed by atoms with Crippen LogP contribution in [-0.2, 0) is 14.8 Å². The summed E-state index contributed by atoms with van der Waals surface area (Å²) in [6.45, 7) is 7.17. The van der Waals surface area contributed by atoms with Crippen molar-refractivity contribution in [3.05, 3.63) is 60.2 Å². The minimum atomic E-state index is -4.05. The van der Waals surface area contributed by atoms with Crippen molar-refractivity contribution < 1.29 is 22.7 Å². The van der Waals surface area contributed by atoms with Crippen molar-refractivity contribution in [1.82, 2.24) is 5.32 Å². The highest BCUT2D eigenvalue weighted by Gasteiger charge is 2.28. The van der Waals surface area contributed by atoms with Crippen LogP contribution in [0, 0.1) is 13.8 Å². The number of nitrogens with zero attached hydrogens (tertiary/aromatic N) is 1. The first kappa shape index (κ1) is 22.3. The largest absolute Gasteiger partial charge is 0.493 e. The fourth-order valence-electron chi connectivity index (χ4n) is 2.89. The van der Waals surface area contributed by atoms with E-state index in [9.17, 15) is 13.2 Å². The monoisotopic (exact) mass is 418 g/mol. The lowest BCUT2D eigenvalue weighted by atomic mass is 10.1. The molecule has 0 aliphatic carbocycles. The predicted molar refractivity (Wildman–Crippen MR) is 113 cm³/mol. The van der Waals surface area contributed by atoms with E-state index >= 15 is 0 Å². The van der Waals surface area contributed by atoms with Gasteiger partial charge < -0.3 is 14.8 Å². The molecule has 0 aliphatic heterocycles. The summed E-state index contributed by atoms with van der Waals surface area (Å²) in [5.74, 6) is 0.256. The predicted octanol–water partition coefficient (Wildman–Crippen LogP) is 2.82. The van der Waals surface area contributed by atoms with Crippen LogP contribution in [0.5, 0.6) is 11.5 Å². The molecule has 0 atom stereocenters. The molecule has 2 aromatic carbocycles. The van der Waals surface area contributed by atoms with Gasteiger partial charge in [0.25, 0.3) is 10.0 Å². The van der Waals surface area contributed by atoms with Gasteiger partial charge in [0.1, 0.15) is 6.54 Å². The number of nitrogens with one attached hydrogen (secondary N) is 1. The summed E-state index contributed by atoms with van der Waals surface area (Å²) in [5.41, 5.74) is 2.18. The summed E-state index contributed by atoms with van der Waals surface area (Å²) in [7, 11) is -1.15. The van der Waals surface area contributed by atoms with E-state index in [4.69, 9.17) is 9.47 Å². The standard InChI is InChI=1S/C21H26N2O5S/c1-6-9-22-21(24)14-23(17-11-15(2)10-16(3)12-17)29(25,26)18-7-8-19(27-4)20(13-18)28-5/h6-8,10-13H,1,9,14H2,2-5H3,(H,22,24).